The molecule has 0 saturated heterocycles. The molecule has 0 bridgehead atoms. The molecule has 11 rings (SSSR count). The second-order valence-electron chi connectivity index (χ2n) is 15.9. The van der Waals surface area contributed by atoms with Crippen LogP contribution in [0.4, 0.5) is 0 Å². The zero-order valence-electron chi connectivity index (χ0n) is 31.8. The number of fused-ring (bicyclic) bond motifs is 10. The molecule has 0 amide bonds. The first-order chi connectivity index (χ1) is 27.5. The maximum Gasteiger partial charge on any atom is 0.160 e. The van der Waals surface area contributed by atoms with Crippen LogP contribution in [-0.4, -0.2) is 10.3 Å². The fourth-order valence-corrected chi connectivity index (χ4v) is 9.49. The Morgan fingerprint density at radius 3 is 2.07 bits per heavy atom. The minimum Gasteiger partial charge on any atom is -0.454 e. The van der Waals surface area contributed by atoms with E-state index >= 15 is 0 Å². The number of nitrogens with zero attached hydrogens (tertiary/aromatic N) is 2. The molecule has 7 aromatic carbocycles. The third-order valence-corrected chi connectivity index (χ3v) is 12.3. The van der Waals surface area contributed by atoms with Gasteiger partial charge in [0.15, 0.2) is 5.58 Å². The van der Waals surface area contributed by atoms with Crippen LogP contribution < -0.4 is 0 Å². The number of hydrogen-bond acceptors (Lipinski definition) is 2. The molecule has 3 nitrogen and oxygen atoms in total. The van der Waals surface area contributed by atoms with E-state index in [2.05, 4.69) is 189 Å². The van der Waals surface area contributed by atoms with E-state index in [-0.39, 0.29) is 5.41 Å². The van der Waals surface area contributed by atoms with Crippen LogP contribution in [-0.2, 0) is 5.41 Å². The fourth-order valence-electron chi connectivity index (χ4n) is 9.49. The number of hydrogen-bond donors (Lipinski definition) is 0. The van der Waals surface area contributed by atoms with Gasteiger partial charge in [-0.25, -0.2) is 4.99 Å². The van der Waals surface area contributed by atoms with Gasteiger partial charge < -0.3 is 4.42 Å². The van der Waals surface area contributed by atoms with E-state index in [4.69, 9.17) is 9.41 Å². The fraction of sp³-hybridized carbons (Fsp3) is 0.113. The largest absolute Gasteiger partial charge is 0.454 e. The summed E-state index contributed by atoms with van der Waals surface area (Å²) >= 11 is 0. The van der Waals surface area contributed by atoms with E-state index < -0.39 is 0 Å². The maximum atomic E-state index is 6.96. The van der Waals surface area contributed by atoms with Crippen LogP contribution in [0, 0.1) is 0 Å². The lowest BCUT2D eigenvalue weighted by atomic mass is 9.81. The Balaban J connectivity index is 1.28. The quantitative estimate of drug-likeness (QED) is 0.178. The number of aromatic nitrogens is 1. The van der Waals surface area contributed by atoms with Crippen molar-refractivity contribution >= 4 is 60.9 Å². The molecule has 3 heterocycles. The summed E-state index contributed by atoms with van der Waals surface area (Å²) in [6.45, 7) is 7.00. The first-order valence-corrected chi connectivity index (χ1v) is 19.7. The number of allylic oxidation sites excluding steroid dienone is 3. The summed E-state index contributed by atoms with van der Waals surface area (Å²) < 4.78 is 9.34. The second kappa shape index (κ2) is 12.4. The molecule has 2 aliphatic rings. The van der Waals surface area contributed by atoms with Crippen LogP contribution in [0.1, 0.15) is 55.9 Å². The molecule has 9 aromatic rings. The zero-order chi connectivity index (χ0) is 37.5. The van der Waals surface area contributed by atoms with E-state index in [1.165, 1.54) is 60.9 Å². The Hall–Kier alpha value is -6.71. The molecule has 0 spiro atoms. The molecule has 268 valence electrons. The third-order valence-electron chi connectivity index (χ3n) is 12.3. The Bertz CT molecular complexity index is 3150. The summed E-state index contributed by atoms with van der Waals surface area (Å²) in [5.74, 6) is 0.873. The van der Waals surface area contributed by atoms with E-state index in [1.807, 2.05) is 0 Å². The summed E-state index contributed by atoms with van der Waals surface area (Å²) in [4.78, 5) is 5.68. The smallest absolute Gasteiger partial charge is 0.160 e. The van der Waals surface area contributed by atoms with Crippen molar-refractivity contribution in [2.75, 3.05) is 0 Å². The third kappa shape index (κ3) is 4.87. The van der Waals surface area contributed by atoms with Crippen LogP contribution in [0.5, 0.6) is 0 Å². The molecule has 2 aromatic heterocycles. The van der Waals surface area contributed by atoms with Crippen molar-refractivity contribution in [3.8, 4) is 22.3 Å². The van der Waals surface area contributed by atoms with Gasteiger partial charge in [-0.1, -0.05) is 153 Å². The van der Waals surface area contributed by atoms with Gasteiger partial charge in [0.25, 0.3) is 0 Å². The Kier molecular flexibility index (Phi) is 7.25. The summed E-state index contributed by atoms with van der Waals surface area (Å²) in [7, 11) is 0. The van der Waals surface area contributed by atoms with Crippen LogP contribution in [0.3, 0.4) is 0 Å². The van der Waals surface area contributed by atoms with Crippen molar-refractivity contribution in [1.29, 1.82) is 0 Å². The van der Waals surface area contributed by atoms with Gasteiger partial charge in [0.05, 0.1) is 16.7 Å². The van der Waals surface area contributed by atoms with Crippen molar-refractivity contribution in [2.45, 2.75) is 39.0 Å². The normalized spacial score (nSPS) is 17.4. The molecule has 0 radical (unpaired) electrons. The van der Waals surface area contributed by atoms with E-state index in [0.29, 0.717) is 0 Å². The topological polar surface area (TPSA) is 30.4 Å². The van der Waals surface area contributed by atoms with E-state index in [9.17, 15) is 0 Å². The molecule has 1 aliphatic heterocycles. The van der Waals surface area contributed by atoms with Crippen molar-refractivity contribution in [2.24, 2.45) is 4.99 Å². The molecule has 3 heteroatoms. The lowest BCUT2D eigenvalue weighted by molar-refractivity contribution is 0.660. The SMILES string of the molecule is C/C1=C(c2ccccc2)/C=C(/n2c3ccccc3c3c(-c4ccc5c(c4)C(C)(C)c4ccccc4-5)cc4c5ccccc5oc4c32)N=C(c2ccccc2)CC1. The highest BCUT2D eigenvalue weighted by molar-refractivity contribution is 6.27. The monoisotopic (exact) mass is 720 g/mol. The molecule has 1 aliphatic carbocycles. The van der Waals surface area contributed by atoms with Gasteiger partial charge in [-0.2, -0.15) is 0 Å². The minimum atomic E-state index is -0.119. The Morgan fingerprint density at radius 1 is 0.571 bits per heavy atom. The van der Waals surface area contributed by atoms with Gasteiger partial charge in [0.2, 0.25) is 0 Å². The highest BCUT2D eigenvalue weighted by atomic mass is 16.3. The minimum absolute atomic E-state index is 0.119. The van der Waals surface area contributed by atoms with Crippen LogP contribution in [0.25, 0.3) is 77.4 Å². The predicted molar refractivity (Wildman–Crippen MR) is 235 cm³/mol. The molecule has 0 N–H and O–H groups in total. The van der Waals surface area contributed by atoms with Gasteiger partial charge in [0.1, 0.15) is 11.4 Å². The summed E-state index contributed by atoms with van der Waals surface area (Å²) in [5, 5.41) is 4.55. The van der Waals surface area contributed by atoms with E-state index in [0.717, 1.165) is 62.9 Å². The molecular formula is C53H40N2O. The second-order valence-corrected chi connectivity index (χ2v) is 15.9. The standard InChI is InChI=1S/C53H40N2O/c1-33-26-29-46(35-18-8-5-9-19-35)54-49(32-41(33)34-16-6-4-7-17-34)55-47-24-14-11-22-40(47)50-42(31-43-39-21-12-15-25-48(39)56-52(43)51(50)55)36-27-28-38-37-20-10-13-23-44(37)53(2,3)45(38)30-36/h4-25,27-28,30-32H,26,29H2,1-3H3/b41-33+,49-32+,54-46?. The molecule has 56 heavy (non-hydrogen) atoms. The number of rotatable bonds is 4. The van der Waals surface area contributed by atoms with Gasteiger partial charge in [-0.3, -0.25) is 4.57 Å². The number of benzene rings is 7. The molecule has 0 atom stereocenters. The Morgan fingerprint density at radius 2 is 1.25 bits per heavy atom. The zero-order valence-corrected chi connectivity index (χ0v) is 31.8. The van der Waals surface area contributed by atoms with Gasteiger partial charge in [0, 0.05) is 27.0 Å². The highest BCUT2D eigenvalue weighted by Gasteiger charge is 2.35. The van der Waals surface area contributed by atoms with Crippen molar-refractivity contribution < 1.29 is 4.42 Å². The lowest BCUT2D eigenvalue weighted by Gasteiger charge is -2.22. The van der Waals surface area contributed by atoms with Crippen molar-refractivity contribution in [3.63, 3.8) is 0 Å². The average molecular weight is 721 g/mol. The van der Waals surface area contributed by atoms with Gasteiger partial charge >= 0.3 is 0 Å². The van der Waals surface area contributed by atoms with E-state index in [1.54, 1.807) is 0 Å². The van der Waals surface area contributed by atoms with Gasteiger partial charge in [-0.15, -0.1) is 0 Å². The summed E-state index contributed by atoms with van der Waals surface area (Å²) in [6, 6.07) is 57.1. The number of para-hydroxylation sites is 2. The highest BCUT2D eigenvalue weighted by Crippen LogP contribution is 2.51. The predicted octanol–water partition coefficient (Wildman–Crippen LogP) is 14.2. The van der Waals surface area contributed by atoms with Gasteiger partial charge in [-0.05, 0) is 100 Å². The average Bonchev–Trinajstić information content (AvgIpc) is 3.86. The summed E-state index contributed by atoms with van der Waals surface area (Å²) in [6.07, 6.45) is 4.07. The summed E-state index contributed by atoms with van der Waals surface area (Å²) in [5.41, 5.74) is 17.5. The molecular weight excluding hydrogens is 681 g/mol. The van der Waals surface area contributed by atoms with Crippen LogP contribution in [0.2, 0.25) is 0 Å². The van der Waals surface area contributed by atoms with Crippen LogP contribution >= 0.6 is 0 Å². The first kappa shape index (κ1) is 32.7. The van der Waals surface area contributed by atoms with Crippen molar-refractivity contribution in [3.05, 3.63) is 192 Å². The number of furan rings is 1. The van der Waals surface area contributed by atoms with Crippen molar-refractivity contribution in [1.82, 2.24) is 4.57 Å². The van der Waals surface area contributed by atoms with Crippen LogP contribution in [0.15, 0.2) is 179 Å². The Labute approximate surface area is 326 Å². The number of aliphatic imine (C=N–C) groups is 1. The molecule has 0 fully saturated rings. The lowest BCUT2D eigenvalue weighted by Crippen LogP contribution is -2.14. The molecule has 0 unspecified atom stereocenters. The molecule has 0 saturated carbocycles. The first-order valence-electron chi connectivity index (χ1n) is 19.7. The maximum absolute atomic E-state index is 6.96.